The van der Waals surface area contributed by atoms with Crippen molar-refractivity contribution in [2.75, 3.05) is 13.2 Å². The standard InChI is InChI=1S/C14H25NO4/c1-5-18-12(16)7-6-8-15-14(17)13-9(2)10(3)19-11(13)4/h9-11,13H,5-8H2,1-4H3,(H,15,17). The fourth-order valence-corrected chi connectivity index (χ4v) is 2.51. The molecule has 1 heterocycles. The molecule has 1 fully saturated rings. The molecule has 0 aliphatic carbocycles. The van der Waals surface area contributed by atoms with Crippen LogP contribution in [0.15, 0.2) is 0 Å². The predicted octanol–water partition coefficient (Wildman–Crippen LogP) is 1.51. The van der Waals surface area contributed by atoms with E-state index in [0.717, 1.165) is 0 Å². The van der Waals surface area contributed by atoms with E-state index in [1.54, 1.807) is 6.92 Å². The van der Waals surface area contributed by atoms with Crippen LogP contribution < -0.4 is 5.32 Å². The summed E-state index contributed by atoms with van der Waals surface area (Å²) in [4.78, 5) is 23.2. The molecule has 0 aromatic heterocycles. The summed E-state index contributed by atoms with van der Waals surface area (Å²) in [5.41, 5.74) is 0. The maximum absolute atomic E-state index is 12.1. The Morgan fingerprint density at radius 3 is 2.42 bits per heavy atom. The van der Waals surface area contributed by atoms with E-state index in [2.05, 4.69) is 5.32 Å². The summed E-state index contributed by atoms with van der Waals surface area (Å²) in [6.07, 6.45) is 1.02. The average molecular weight is 271 g/mol. The number of carbonyl (C=O) groups excluding carboxylic acids is 2. The van der Waals surface area contributed by atoms with Gasteiger partial charge in [-0.3, -0.25) is 9.59 Å². The van der Waals surface area contributed by atoms with Crippen LogP contribution in [0.4, 0.5) is 0 Å². The second-order valence-corrected chi connectivity index (χ2v) is 5.13. The molecule has 1 amide bonds. The Labute approximate surface area is 115 Å². The number of hydrogen-bond donors (Lipinski definition) is 1. The molecular weight excluding hydrogens is 246 g/mol. The molecule has 0 aromatic rings. The van der Waals surface area contributed by atoms with E-state index in [-0.39, 0.29) is 35.9 Å². The van der Waals surface area contributed by atoms with Gasteiger partial charge in [-0.1, -0.05) is 6.92 Å². The summed E-state index contributed by atoms with van der Waals surface area (Å²) >= 11 is 0. The lowest BCUT2D eigenvalue weighted by Gasteiger charge is -2.17. The van der Waals surface area contributed by atoms with Gasteiger partial charge >= 0.3 is 5.97 Å². The lowest BCUT2D eigenvalue weighted by Crippen LogP contribution is -2.37. The molecule has 0 saturated carbocycles. The van der Waals surface area contributed by atoms with Gasteiger partial charge in [-0.05, 0) is 33.1 Å². The molecule has 0 spiro atoms. The van der Waals surface area contributed by atoms with Crippen LogP contribution in [-0.2, 0) is 19.1 Å². The molecule has 1 aliphatic heterocycles. The molecule has 1 N–H and O–H groups in total. The van der Waals surface area contributed by atoms with Crippen LogP contribution in [-0.4, -0.2) is 37.2 Å². The van der Waals surface area contributed by atoms with E-state index >= 15 is 0 Å². The maximum Gasteiger partial charge on any atom is 0.305 e. The van der Waals surface area contributed by atoms with Gasteiger partial charge < -0.3 is 14.8 Å². The van der Waals surface area contributed by atoms with Crippen molar-refractivity contribution in [1.82, 2.24) is 5.32 Å². The minimum atomic E-state index is -0.212. The second-order valence-electron chi connectivity index (χ2n) is 5.13. The Kier molecular flexibility index (Phi) is 6.28. The number of ether oxygens (including phenoxy) is 2. The molecule has 0 bridgehead atoms. The largest absolute Gasteiger partial charge is 0.466 e. The van der Waals surface area contributed by atoms with Gasteiger partial charge in [0.1, 0.15) is 0 Å². The molecule has 4 atom stereocenters. The predicted molar refractivity (Wildman–Crippen MR) is 71.5 cm³/mol. The van der Waals surface area contributed by atoms with Crippen molar-refractivity contribution in [2.24, 2.45) is 11.8 Å². The van der Waals surface area contributed by atoms with Crippen molar-refractivity contribution in [1.29, 1.82) is 0 Å². The van der Waals surface area contributed by atoms with Crippen LogP contribution in [0.1, 0.15) is 40.5 Å². The van der Waals surface area contributed by atoms with Crippen LogP contribution in [0.3, 0.4) is 0 Å². The van der Waals surface area contributed by atoms with E-state index < -0.39 is 0 Å². The molecule has 0 radical (unpaired) electrons. The van der Waals surface area contributed by atoms with Gasteiger partial charge in [-0.25, -0.2) is 0 Å². The first-order chi connectivity index (χ1) is 8.97. The first-order valence-corrected chi connectivity index (χ1v) is 7.06. The third-order valence-electron chi connectivity index (χ3n) is 3.71. The number of amides is 1. The monoisotopic (exact) mass is 271 g/mol. The van der Waals surface area contributed by atoms with Crippen molar-refractivity contribution in [3.05, 3.63) is 0 Å². The summed E-state index contributed by atoms with van der Waals surface area (Å²) in [6, 6.07) is 0. The molecular formula is C14H25NO4. The minimum Gasteiger partial charge on any atom is -0.466 e. The van der Waals surface area contributed by atoms with Gasteiger partial charge in [0.05, 0.1) is 24.7 Å². The van der Waals surface area contributed by atoms with Crippen molar-refractivity contribution in [3.8, 4) is 0 Å². The Bertz CT molecular complexity index is 319. The van der Waals surface area contributed by atoms with E-state index in [9.17, 15) is 9.59 Å². The first-order valence-electron chi connectivity index (χ1n) is 7.06. The zero-order valence-corrected chi connectivity index (χ0v) is 12.3. The maximum atomic E-state index is 12.1. The first kappa shape index (κ1) is 16.0. The Hall–Kier alpha value is -1.10. The van der Waals surface area contributed by atoms with Gasteiger partial charge in [-0.15, -0.1) is 0 Å². The van der Waals surface area contributed by atoms with Gasteiger partial charge in [0, 0.05) is 13.0 Å². The highest BCUT2D eigenvalue weighted by molar-refractivity contribution is 5.80. The molecule has 0 aromatic carbocycles. The summed E-state index contributed by atoms with van der Waals surface area (Å²) in [6.45, 7) is 8.65. The minimum absolute atomic E-state index is 0.0215. The number of rotatable bonds is 6. The van der Waals surface area contributed by atoms with E-state index in [4.69, 9.17) is 9.47 Å². The fourth-order valence-electron chi connectivity index (χ4n) is 2.51. The zero-order chi connectivity index (χ0) is 14.4. The number of esters is 1. The van der Waals surface area contributed by atoms with Crippen molar-refractivity contribution in [3.63, 3.8) is 0 Å². The van der Waals surface area contributed by atoms with Gasteiger partial charge in [0.15, 0.2) is 0 Å². The van der Waals surface area contributed by atoms with Crippen LogP contribution in [0, 0.1) is 11.8 Å². The summed E-state index contributed by atoms with van der Waals surface area (Å²) < 4.78 is 10.5. The molecule has 19 heavy (non-hydrogen) atoms. The zero-order valence-electron chi connectivity index (χ0n) is 12.3. The van der Waals surface area contributed by atoms with Gasteiger partial charge in [0.2, 0.25) is 5.91 Å². The lowest BCUT2D eigenvalue weighted by molar-refractivity contribution is -0.143. The van der Waals surface area contributed by atoms with Crippen molar-refractivity contribution < 1.29 is 19.1 Å². The SMILES string of the molecule is CCOC(=O)CCCNC(=O)C1C(C)OC(C)C1C. The molecule has 1 aliphatic rings. The average Bonchev–Trinajstić information content (AvgIpc) is 2.59. The lowest BCUT2D eigenvalue weighted by atomic mass is 9.89. The molecule has 1 saturated heterocycles. The molecule has 4 unspecified atom stereocenters. The Morgan fingerprint density at radius 2 is 1.89 bits per heavy atom. The summed E-state index contributed by atoms with van der Waals surface area (Å²) in [5, 5.41) is 2.88. The highest BCUT2D eigenvalue weighted by Crippen LogP contribution is 2.32. The van der Waals surface area contributed by atoms with Gasteiger partial charge in [0.25, 0.3) is 0 Å². The summed E-state index contributed by atoms with van der Waals surface area (Å²) in [5.74, 6) is -0.0674. The number of carbonyl (C=O) groups is 2. The van der Waals surface area contributed by atoms with Crippen LogP contribution in [0.2, 0.25) is 0 Å². The quantitative estimate of drug-likeness (QED) is 0.587. The second kappa shape index (κ2) is 7.48. The highest BCUT2D eigenvalue weighted by atomic mass is 16.5. The van der Waals surface area contributed by atoms with Crippen LogP contribution >= 0.6 is 0 Å². The third-order valence-corrected chi connectivity index (χ3v) is 3.71. The van der Waals surface area contributed by atoms with Crippen molar-refractivity contribution >= 4 is 11.9 Å². The van der Waals surface area contributed by atoms with Crippen molar-refractivity contribution in [2.45, 2.75) is 52.7 Å². The van der Waals surface area contributed by atoms with Crippen LogP contribution in [0.5, 0.6) is 0 Å². The highest BCUT2D eigenvalue weighted by Gasteiger charge is 2.41. The van der Waals surface area contributed by atoms with E-state index in [1.165, 1.54) is 0 Å². The number of nitrogens with one attached hydrogen (secondary N) is 1. The summed E-state index contributed by atoms with van der Waals surface area (Å²) in [7, 11) is 0. The van der Waals surface area contributed by atoms with E-state index in [0.29, 0.717) is 26.0 Å². The molecule has 5 nitrogen and oxygen atoms in total. The Morgan fingerprint density at radius 1 is 1.21 bits per heavy atom. The fraction of sp³-hybridized carbons (Fsp3) is 0.857. The van der Waals surface area contributed by atoms with E-state index in [1.807, 2.05) is 20.8 Å². The normalized spacial score (nSPS) is 30.1. The molecule has 1 rings (SSSR count). The molecule has 5 heteroatoms. The topological polar surface area (TPSA) is 64.6 Å². The van der Waals surface area contributed by atoms with Gasteiger partial charge in [-0.2, -0.15) is 0 Å². The van der Waals surface area contributed by atoms with Crippen LogP contribution in [0.25, 0.3) is 0 Å². The smallest absolute Gasteiger partial charge is 0.305 e. The Balaban J connectivity index is 2.26. The third kappa shape index (κ3) is 4.49. The molecule has 110 valence electrons. The number of hydrogen-bond acceptors (Lipinski definition) is 4.